The minimum atomic E-state index is -4.15. The van der Waals surface area contributed by atoms with Gasteiger partial charge in [0, 0.05) is 5.02 Å². The number of imide groups is 2. The van der Waals surface area contributed by atoms with Crippen molar-refractivity contribution in [3.05, 3.63) is 86.0 Å². The van der Waals surface area contributed by atoms with E-state index in [1.54, 1.807) is 37.3 Å². The number of nitrogens with zero attached hydrogens (tertiary/aromatic N) is 1. The van der Waals surface area contributed by atoms with Gasteiger partial charge in [0.05, 0.1) is 16.4 Å². The Balaban J connectivity index is 1.73. The molecule has 0 saturated carbocycles. The lowest BCUT2D eigenvalue weighted by Crippen LogP contribution is -2.54. The largest absolute Gasteiger partial charge is 0.493 e. The summed E-state index contributed by atoms with van der Waals surface area (Å²) >= 11 is 8.01. The molecule has 37 heavy (non-hydrogen) atoms. The van der Waals surface area contributed by atoms with E-state index < -0.39 is 28.0 Å². The molecule has 0 radical (unpaired) electrons. The highest BCUT2D eigenvalue weighted by Crippen LogP contribution is 2.37. The van der Waals surface area contributed by atoms with Crippen molar-refractivity contribution in [1.82, 2.24) is 5.32 Å². The van der Waals surface area contributed by atoms with Gasteiger partial charge in [0.15, 0.2) is 11.5 Å². The van der Waals surface area contributed by atoms with Crippen LogP contribution in [-0.4, -0.2) is 33.4 Å². The van der Waals surface area contributed by atoms with Gasteiger partial charge in [-0.05, 0) is 83.1 Å². The zero-order chi connectivity index (χ0) is 26.9. The third kappa shape index (κ3) is 5.33. The third-order valence-corrected chi connectivity index (χ3v) is 7.82. The monoisotopic (exact) mass is 652 g/mol. The maximum Gasteiger partial charge on any atom is 0.339 e. The van der Waals surface area contributed by atoms with E-state index in [4.69, 9.17) is 20.5 Å². The van der Waals surface area contributed by atoms with Crippen molar-refractivity contribution >= 4 is 73.9 Å². The first-order valence-electron chi connectivity index (χ1n) is 10.6. The molecule has 4 amide bonds. The summed E-state index contributed by atoms with van der Waals surface area (Å²) in [7, 11) is -2.83. The molecule has 1 fully saturated rings. The molecule has 190 valence electrons. The number of ether oxygens (including phenoxy) is 1. The predicted molar refractivity (Wildman–Crippen MR) is 145 cm³/mol. The number of carbonyl (C=O) groups is 3. The van der Waals surface area contributed by atoms with Gasteiger partial charge in [0.2, 0.25) is 0 Å². The summed E-state index contributed by atoms with van der Waals surface area (Å²) in [5.74, 6) is -1.73. The van der Waals surface area contributed by atoms with Gasteiger partial charge in [0.1, 0.15) is 10.5 Å². The van der Waals surface area contributed by atoms with Crippen molar-refractivity contribution in [2.45, 2.75) is 11.8 Å². The normalized spacial score (nSPS) is 15.1. The van der Waals surface area contributed by atoms with Crippen LogP contribution in [0.3, 0.4) is 0 Å². The number of hydrogen-bond donors (Lipinski definition) is 1. The van der Waals surface area contributed by atoms with E-state index in [-0.39, 0.29) is 27.7 Å². The van der Waals surface area contributed by atoms with Crippen LogP contribution in [0.1, 0.15) is 11.1 Å². The Labute approximate surface area is 231 Å². The Morgan fingerprint density at radius 2 is 1.73 bits per heavy atom. The fraction of sp³-hybridized carbons (Fsp3) is 0.0800. The van der Waals surface area contributed by atoms with Crippen molar-refractivity contribution < 1.29 is 31.7 Å². The number of barbiturate groups is 1. The quantitative estimate of drug-likeness (QED) is 0.178. The second-order valence-electron chi connectivity index (χ2n) is 7.73. The number of carbonyl (C=O) groups excluding carboxylic acids is 3. The molecule has 0 unspecified atom stereocenters. The van der Waals surface area contributed by atoms with Crippen molar-refractivity contribution in [3.63, 3.8) is 0 Å². The van der Waals surface area contributed by atoms with Crippen LogP contribution in [0.4, 0.5) is 10.5 Å². The van der Waals surface area contributed by atoms with Crippen LogP contribution in [0.15, 0.2) is 71.1 Å². The van der Waals surface area contributed by atoms with E-state index in [0.29, 0.717) is 19.7 Å². The topological polar surface area (TPSA) is 119 Å². The zero-order valence-corrected chi connectivity index (χ0v) is 23.0. The molecule has 1 aliphatic rings. The van der Waals surface area contributed by atoms with Crippen LogP contribution in [0.25, 0.3) is 6.08 Å². The highest BCUT2D eigenvalue weighted by atomic mass is 127. The highest BCUT2D eigenvalue weighted by molar-refractivity contribution is 14.1. The van der Waals surface area contributed by atoms with E-state index in [1.807, 2.05) is 22.6 Å². The standard InChI is InChI=1S/C25H18ClIN2O7S/c1-14-18(26)9-6-10-20(14)29-24(31)17(23(30)28-25(29)32)11-15-12-19(27)22(21(13-15)35-2)36-37(33,34)16-7-4-3-5-8-16/h3-13H,1-2H3,(H,28,30,32)/b17-11+. The number of nitrogens with one attached hydrogen (secondary N) is 1. The van der Waals surface area contributed by atoms with E-state index in [0.717, 1.165) is 4.90 Å². The van der Waals surface area contributed by atoms with Gasteiger partial charge in [-0.1, -0.05) is 35.9 Å². The van der Waals surface area contributed by atoms with E-state index >= 15 is 0 Å². The highest BCUT2D eigenvalue weighted by Gasteiger charge is 2.37. The van der Waals surface area contributed by atoms with Gasteiger partial charge in [-0.3, -0.25) is 14.9 Å². The SMILES string of the molecule is COc1cc(/C=C2\C(=O)NC(=O)N(c3cccc(Cl)c3C)C2=O)cc(I)c1OS(=O)(=O)c1ccccc1. The number of amides is 4. The van der Waals surface area contributed by atoms with Gasteiger partial charge in [-0.15, -0.1) is 0 Å². The first kappa shape index (κ1) is 26.6. The summed E-state index contributed by atoms with van der Waals surface area (Å²) in [6.07, 6.45) is 1.27. The average Bonchev–Trinajstić information content (AvgIpc) is 2.86. The maximum absolute atomic E-state index is 13.3. The molecule has 4 rings (SSSR count). The van der Waals surface area contributed by atoms with E-state index in [1.165, 1.54) is 43.5 Å². The van der Waals surface area contributed by atoms with E-state index in [2.05, 4.69) is 5.32 Å². The number of halogens is 2. The van der Waals surface area contributed by atoms with Gasteiger partial charge in [-0.25, -0.2) is 9.69 Å². The minimum Gasteiger partial charge on any atom is -0.493 e. The lowest BCUT2D eigenvalue weighted by molar-refractivity contribution is -0.122. The Morgan fingerprint density at radius 1 is 1.03 bits per heavy atom. The number of rotatable bonds is 6. The van der Waals surface area contributed by atoms with Gasteiger partial charge < -0.3 is 8.92 Å². The summed E-state index contributed by atoms with van der Waals surface area (Å²) in [6, 6.07) is 14.4. The first-order chi connectivity index (χ1) is 17.5. The fourth-order valence-electron chi connectivity index (χ4n) is 3.53. The Morgan fingerprint density at radius 3 is 2.41 bits per heavy atom. The molecule has 0 aromatic heterocycles. The number of urea groups is 1. The second-order valence-corrected chi connectivity index (χ2v) is 10.8. The van der Waals surface area contributed by atoms with Gasteiger partial charge in [-0.2, -0.15) is 8.42 Å². The Kier molecular flexibility index (Phi) is 7.57. The molecule has 12 heteroatoms. The van der Waals surface area contributed by atoms with Crippen LogP contribution >= 0.6 is 34.2 Å². The lowest BCUT2D eigenvalue weighted by Gasteiger charge is -2.27. The smallest absolute Gasteiger partial charge is 0.339 e. The summed E-state index contributed by atoms with van der Waals surface area (Å²) in [6.45, 7) is 1.65. The van der Waals surface area contributed by atoms with E-state index in [9.17, 15) is 22.8 Å². The molecule has 9 nitrogen and oxygen atoms in total. The number of methoxy groups -OCH3 is 1. The molecular formula is C25H18ClIN2O7S. The molecule has 3 aromatic rings. The molecule has 3 aromatic carbocycles. The molecule has 1 saturated heterocycles. The zero-order valence-electron chi connectivity index (χ0n) is 19.3. The molecular weight excluding hydrogens is 635 g/mol. The second kappa shape index (κ2) is 10.5. The maximum atomic E-state index is 13.3. The average molecular weight is 653 g/mol. The summed E-state index contributed by atoms with van der Waals surface area (Å²) in [5.41, 5.74) is 0.734. The lowest BCUT2D eigenvalue weighted by atomic mass is 10.1. The molecule has 1 heterocycles. The van der Waals surface area contributed by atoms with Crippen LogP contribution < -0.4 is 19.1 Å². The van der Waals surface area contributed by atoms with Crippen molar-refractivity contribution in [1.29, 1.82) is 0 Å². The Bertz CT molecular complexity index is 1570. The fourth-order valence-corrected chi connectivity index (χ4v) is 5.56. The molecule has 0 atom stereocenters. The van der Waals surface area contributed by atoms with Gasteiger partial charge in [0.25, 0.3) is 11.8 Å². The molecule has 1 N–H and O–H groups in total. The van der Waals surface area contributed by atoms with Crippen LogP contribution in [-0.2, 0) is 19.7 Å². The minimum absolute atomic E-state index is 0.0374. The van der Waals surface area contributed by atoms with Crippen LogP contribution in [0.2, 0.25) is 5.02 Å². The van der Waals surface area contributed by atoms with Crippen molar-refractivity contribution in [2.24, 2.45) is 0 Å². The third-order valence-electron chi connectivity index (χ3n) is 5.37. The van der Waals surface area contributed by atoms with Crippen molar-refractivity contribution in [2.75, 3.05) is 12.0 Å². The van der Waals surface area contributed by atoms with Crippen LogP contribution in [0, 0.1) is 10.5 Å². The molecule has 0 aliphatic carbocycles. The van der Waals surface area contributed by atoms with Crippen molar-refractivity contribution in [3.8, 4) is 11.5 Å². The summed E-state index contributed by atoms with van der Waals surface area (Å²) in [4.78, 5) is 39.2. The molecule has 1 aliphatic heterocycles. The number of benzene rings is 3. The Hall–Kier alpha value is -3.42. The van der Waals surface area contributed by atoms with Crippen LogP contribution in [0.5, 0.6) is 11.5 Å². The summed E-state index contributed by atoms with van der Waals surface area (Å²) in [5, 5.41) is 2.51. The van der Waals surface area contributed by atoms with Gasteiger partial charge >= 0.3 is 16.1 Å². The molecule has 0 bridgehead atoms. The number of anilines is 1. The summed E-state index contributed by atoms with van der Waals surface area (Å²) < 4.78 is 36.5. The first-order valence-corrected chi connectivity index (χ1v) is 13.4. The number of hydrogen-bond acceptors (Lipinski definition) is 7. The molecule has 0 spiro atoms. The predicted octanol–water partition coefficient (Wildman–Crippen LogP) is 4.70.